The summed E-state index contributed by atoms with van der Waals surface area (Å²) in [5.74, 6) is -0.900. The molecule has 10 rings (SSSR count). The van der Waals surface area contributed by atoms with Crippen molar-refractivity contribution >= 4 is 57.5 Å². The molecule has 3 atom stereocenters. The predicted octanol–water partition coefficient (Wildman–Crippen LogP) is 7.25. The van der Waals surface area contributed by atoms with Crippen LogP contribution in [0.15, 0.2) is 97.2 Å². The van der Waals surface area contributed by atoms with E-state index in [0.29, 0.717) is 96.1 Å². The maximum atomic E-state index is 15.9. The predicted molar refractivity (Wildman–Crippen MR) is 256 cm³/mol. The molecule has 4 N–H and O–H groups in total. The monoisotopic (exact) mass is 938 g/mol. The van der Waals surface area contributed by atoms with Crippen molar-refractivity contribution < 1.29 is 37.5 Å². The van der Waals surface area contributed by atoms with Gasteiger partial charge < -0.3 is 25.6 Å². The smallest absolute Gasteiger partial charge is 0.240 e. The van der Waals surface area contributed by atoms with E-state index in [-0.39, 0.29) is 29.5 Å². The van der Waals surface area contributed by atoms with Gasteiger partial charge in [-0.3, -0.25) is 44.1 Å². The first-order chi connectivity index (χ1) is 33.5. The molecular weight excluding hydrogens is 883 g/mol. The number of piperazine rings is 1. The SMILES string of the molecule is O=C(CCCN1C[C@@H]2C[C@H]1CN2CC1CCN(c2cc3nccc(Oc4ccc(NC(=O)C5(C(=O)Nc6ccc(F)cc6)CC5)cc4)c3cc2F)CC1)NCc1ccc(C2CCC(=O)NC2=O)cc1. The number of imide groups is 1. The fourth-order valence-corrected chi connectivity index (χ4v) is 10.5. The first-order valence-electron chi connectivity index (χ1n) is 24.1. The Morgan fingerprint density at radius 3 is 2.16 bits per heavy atom. The van der Waals surface area contributed by atoms with Gasteiger partial charge >= 0.3 is 0 Å². The average molecular weight is 939 g/mol. The number of ether oxygens (including phenoxy) is 1. The first-order valence-corrected chi connectivity index (χ1v) is 24.1. The van der Waals surface area contributed by atoms with Crippen LogP contribution in [0.2, 0.25) is 0 Å². The fourth-order valence-electron chi connectivity index (χ4n) is 10.5. The Labute approximate surface area is 399 Å². The third kappa shape index (κ3) is 10.3. The van der Waals surface area contributed by atoms with Crippen LogP contribution in [0.25, 0.3) is 10.9 Å². The second kappa shape index (κ2) is 19.7. The van der Waals surface area contributed by atoms with Crippen molar-refractivity contribution in [1.82, 2.24) is 25.4 Å². The fraction of sp³-hybridized carbons (Fsp3) is 0.396. The quantitative estimate of drug-likeness (QED) is 0.0585. The summed E-state index contributed by atoms with van der Waals surface area (Å²) >= 11 is 0. The number of likely N-dealkylation sites (tertiary alicyclic amines) is 2. The molecule has 5 heterocycles. The molecule has 5 amide bonds. The molecule has 0 radical (unpaired) electrons. The van der Waals surface area contributed by atoms with Crippen LogP contribution in [0.5, 0.6) is 11.5 Å². The molecule has 5 aromatic rings. The molecule has 1 aliphatic carbocycles. The molecule has 4 saturated heterocycles. The summed E-state index contributed by atoms with van der Waals surface area (Å²) in [5.41, 5.74) is 2.72. The van der Waals surface area contributed by atoms with Gasteiger partial charge in [0.05, 0.1) is 17.1 Å². The minimum Gasteiger partial charge on any atom is -0.457 e. The highest BCUT2D eigenvalue weighted by molar-refractivity contribution is 6.17. The molecule has 0 spiro atoms. The number of carbonyl (C=O) groups excluding carboxylic acids is 5. The molecular formula is C53H56F2N8O6. The third-order valence-corrected chi connectivity index (χ3v) is 14.7. The number of fused-ring (bicyclic) bond motifs is 3. The summed E-state index contributed by atoms with van der Waals surface area (Å²) in [4.78, 5) is 74.4. The van der Waals surface area contributed by atoms with E-state index in [1.165, 1.54) is 30.3 Å². The van der Waals surface area contributed by atoms with Gasteiger partial charge in [0.15, 0.2) is 0 Å². The van der Waals surface area contributed by atoms with Crippen LogP contribution in [-0.4, -0.2) is 95.7 Å². The van der Waals surface area contributed by atoms with Gasteiger partial charge in [0.25, 0.3) is 0 Å². The minimum atomic E-state index is -1.19. The van der Waals surface area contributed by atoms with E-state index in [0.717, 1.165) is 76.1 Å². The second-order valence-corrected chi connectivity index (χ2v) is 19.3. The van der Waals surface area contributed by atoms with E-state index in [2.05, 4.69) is 41.0 Å². The Morgan fingerprint density at radius 2 is 1.49 bits per heavy atom. The molecule has 358 valence electrons. The Balaban J connectivity index is 0.646. The molecule has 1 aromatic heterocycles. The molecule has 16 heteroatoms. The molecule has 1 saturated carbocycles. The van der Waals surface area contributed by atoms with E-state index in [1.807, 2.05) is 24.3 Å². The van der Waals surface area contributed by atoms with Crippen LogP contribution in [0.4, 0.5) is 25.8 Å². The van der Waals surface area contributed by atoms with Crippen molar-refractivity contribution in [2.75, 3.05) is 54.8 Å². The highest BCUT2D eigenvalue weighted by Gasteiger charge is 2.56. The molecule has 4 aliphatic heterocycles. The summed E-state index contributed by atoms with van der Waals surface area (Å²) < 4.78 is 35.4. The van der Waals surface area contributed by atoms with Crippen LogP contribution in [0.3, 0.4) is 0 Å². The van der Waals surface area contributed by atoms with Gasteiger partial charge in [0, 0.05) is 87.2 Å². The lowest BCUT2D eigenvalue weighted by Crippen LogP contribution is -2.49. The standard InChI is InChI=1S/C53H56F2N8O6/c54-36-7-9-37(10-8-36)58-51(67)53(20-21-53)52(68)59-38-11-13-41(14-12-38)69-47-17-22-56-45-28-46(44(55)27-43(45)47)61-24-18-34(19-25-61)30-63-32-39-26-40(63)31-62(39)23-1-2-48(64)57-29-33-3-5-35(6-4-33)42-15-16-49(65)60-50(42)66/h3-14,17,22,27-28,34,39-40,42H,1-2,15-16,18-21,23-26,29-32H2,(H,57,64)(H,58,67)(H,59,68)(H,60,65,66)/t39-,40-,42?/m0/s1. The number of hydrogen-bond donors (Lipinski definition) is 4. The lowest BCUT2D eigenvalue weighted by atomic mass is 9.90. The first kappa shape index (κ1) is 46.0. The van der Waals surface area contributed by atoms with E-state index in [1.54, 1.807) is 42.6 Å². The second-order valence-electron chi connectivity index (χ2n) is 19.3. The van der Waals surface area contributed by atoms with Crippen molar-refractivity contribution in [2.24, 2.45) is 11.3 Å². The summed E-state index contributed by atoms with van der Waals surface area (Å²) in [7, 11) is 0. The maximum absolute atomic E-state index is 15.9. The van der Waals surface area contributed by atoms with Crippen molar-refractivity contribution in [2.45, 2.75) is 82.3 Å². The van der Waals surface area contributed by atoms with E-state index in [9.17, 15) is 28.4 Å². The number of piperidine rings is 2. The van der Waals surface area contributed by atoms with Crippen LogP contribution >= 0.6 is 0 Å². The van der Waals surface area contributed by atoms with Crippen LogP contribution in [-0.2, 0) is 30.5 Å². The molecule has 14 nitrogen and oxygen atoms in total. The largest absolute Gasteiger partial charge is 0.457 e. The van der Waals surface area contributed by atoms with Gasteiger partial charge in [0.2, 0.25) is 29.5 Å². The summed E-state index contributed by atoms with van der Waals surface area (Å²) in [6.45, 7) is 5.98. The zero-order valence-electron chi connectivity index (χ0n) is 38.4. The number of anilines is 3. The Hall–Kier alpha value is -6.78. The number of nitrogens with zero attached hydrogens (tertiary/aromatic N) is 4. The van der Waals surface area contributed by atoms with Gasteiger partial charge in [-0.15, -0.1) is 0 Å². The summed E-state index contributed by atoms with van der Waals surface area (Å²) in [5, 5.41) is 11.5. The topological polar surface area (TPSA) is 165 Å². The normalized spacial score (nSPS) is 21.2. The Kier molecular flexibility index (Phi) is 13.1. The number of halogens is 2. The van der Waals surface area contributed by atoms with Gasteiger partial charge in [-0.1, -0.05) is 24.3 Å². The zero-order valence-corrected chi connectivity index (χ0v) is 38.4. The molecule has 5 fully saturated rings. The van der Waals surface area contributed by atoms with Crippen LogP contribution in [0.1, 0.15) is 74.8 Å². The molecule has 4 aromatic carbocycles. The zero-order chi connectivity index (χ0) is 47.6. The number of aromatic nitrogens is 1. The number of hydrogen-bond acceptors (Lipinski definition) is 10. The highest BCUT2D eigenvalue weighted by atomic mass is 19.1. The Bertz CT molecular complexity index is 2740. The minimum absolute atomic E-state index is 0.0312. The molecule has 2 bridgehead atoms. The third-order valence-electron chi connectivity index (χ3n) is 14.7. The lowest BCUT2D eigenvalue weighted by molar-refractivity contribution is -0.134. The van der Waals surface area contributed by atoms with E-state index >= 15 is 4.39 Å². The van der Waals surface area contributed by atoms with E-state index < -0.39 is 23.0 Å². The lowest BCUT2D eigenvalue weighted by Gasteiger charge is -2.39. The van der Waals surface area contributed by atoms with E-state index in [4.69, 9.17) is 4.74 Å². The molecule has 69 heavy (non-hydrogen) atoms. The highest BCUT2D eigenvalue weighted by Crippen LogP contribution is 2.48. The average Bonchev–Trinajstić information content (AvgIpc) is 3.96. The number of rotatable bonds is 16. The van der Waals surface area contributed by atoms with Gasteiger partial charge in [-0.25, -0.2) is 8.78 Å². The van der Waals surface area contributed by atoms with Crippen LogP contribution in [0, 0.1) is 23.0 Å². The Morgan fingerprint density at radius 1 is 0.812 bits per heavy atom. The van der Waals surface area contributed by atoms with Crippen LogP contribution < -0.4 is 30.9 Å². The van der Waals surface area contributed by atoms with Gasteiger partial charge in [-0.2, -0.15) is 0 Å². The number of pyridine rings is 1. The summed E-state index contributed by atoms with van der Waals surface area (Å²) in [6, 6.07) is 25.9. The number of amides is 5. The van der Waals surface area contributed by atoms with Gasteiger partial charge in [-0.05, 0) is 135 Å². The van der Waals surface area contributed by atoms with Gasteiger partial charge in [0.1, 0.15) is 28.5 Å². The molecule has 5 aliphatic rings. The van der Waals surface area contributed by atoms with Crippen molar-refractivity contribution in [3.63, 3.8) is 0 Å². The van der Waals surface area contributed by atoms with Crippen molar-refractivity contribution in [3.05, 3.63) is 120 Å². The number of carbonyl (C=O) groups is 5. The number of benzene rings is 4. The summed E-state index contributed by atoms with van der Waals surface area (Å²) in [6.07, 6.45) is 7.71. The maximum Gasteiger partial charge on any atom is 0.240 e. The van der Waals surface area contributed by atoms with Crippen molar-refractivity contribution in [3.8, 4) is 11.5 Å². The van der Waals surface area contributed by atoms with Crippen molar-refractivity contribution in [1.29, 1.82) is 0 Å². The number of nitrogens with one attached hydrogen (secondary N) is 4. The molecule has 1 unspecified atom stereocenters.